The van der Waals surface area contributed by atoms with Crippen LogP contribution in [0.4, 0.5) is 4.79 Å². The monoisotopic (exact) mass is 539 g/mol. The maximum Gasteiger partial charge on any atom is 0.412 e. The molecule has 1 unspecified atom stereocenters. The molecule has 2 N–H and O–H groups in total. The van der Waals surface area contributed by atoms with Gasteiger partial charge in [0.25, 0.3) is 0 Å². The van der Waals surface area contributed by atoms with Gasteiger partial charge in [-0.25, -0.2) is 9.59 Å². The first-order valence-corrected chi connectivity index (χ1v) is 13.7. The summed E-state index contributed by atoms with van der Waals surface area (Å²) in [5.41, 5.74) is 0.256. The van der Waals surface area contributed by atoms with Crippen LogP contribution in [-0.4, -0.2) is 73.0 Å². The van der Waals surface area contributed by atoms with Gasteiger partial charge in [-0.05, 0) is 55.5 Å². The molecule has 0 radical (unpaired) electrons. The first kappa shape index (κ1) is 30.6. The van der Waals surface area contributed by atoms with E-state index in [2.05, 4.69) is 10.6 Å². The van der Waals surface area contributed by atoms with Crippen molar-refractivity contribution >= 4 is 35.2 Å². The lowest BCUT2D eigenvalue weighted by atomic mass is 9.98. The van der Waals surface area contributed by atoms with E-state index in [1.807, 2.05) is 30.7 Å². The lowest BCUT2D eigenvalue weighted by Gasteiger charge is -2.36. The lowest BCUT2D eigenvalue weighted by molar-refractivity contribution is -0.147. The Bertz CT molecular complexity index is 900. The number of hydrogen-bond acceptors (Lipinski definition) is 8. The Hall–Kier alpha value is -2.66. The average molecular weight is 540 g/mol. The Labute approximate surface area is 223 Å². The van der Waals surface area contributed by atoms with E-state index in [9.17, 15) is 19.2 Å². The third kappa shape index (κ3) is 9.96. The standard InChI is InChI=1S/C26H41N3O7S/c1-7-17(2)22(24(32)34-6)28-23(31)19(15-18-11-14-37-16-18)27-20(30)9-10-21-29(12-8-13-35-21)25(33)36-26(3,4)5/h11,14,16-17,19,21-22H,7-10,12-13,15H2,1-6H3,(H,27,30)(H,28,31)/t17-,19-,21?,22-/m0/s1. The zero-order valence-corrected chi connectivity index (χ0v) is 23.5. The fraction of sp³-hybridized carbons (Fsp3) is 0.692. The molecule has 1 aliphatic heterocycles. The fourth-order valence-electron chi connectivity index (χ4n) is 3.88. The highest BCUT2D eigenvalue weighted by Crippen LogP contribution is 2.20. The summed E-state index contributed by atoms with van der Waals surface area (Å²) in [6.07, 6.45) is 0.858. The summed E-state index contributed by atoms with van der Waals surface area (Å²) in [6, 6.07) is 0.188. The molecule has 0 saturated carbocycles. The largest absolute Gasteiger partial charge is 0.467 e. The van der Waals surface area contributed by atoms with Crippen LogP contribution in [-0.2, 0) is 35.0 Å². The van der Waals surface area contributed by atoms with Crippen molar-refractivity contribution in [1.82, 2.24) is 15.5 Å². The van der Waals surface area contributed by atoms with Crippen molar-refractivity contribution in [2.45, 2.75) is 90.6 Å². The number of methoxy groups -OCH3 is 1. The molecule has 37 heavy (non-hydrogen) atoms. The smallest absolute Gasteiger partial charge is 0.412 e. The molecule has 1 aromatic rings. The van der Waals surface area contributed by atoms with Crippen molar-refractivity contribution in [2.75, 3.05) is 20.3 Å². The van der Waals surface area contributed by atoms with Crippen LogP contribution in [0.5, 0.6) is 0 Å². The highest BCUT2D eigenvalue weighted by molar-refractivity contribution is 7.07. The van der Waals surface area contributed by atoms with Crippen molar-refractivity contribution in [2.24, 2.45) is 5.92 Å². The molecule has 0 spiro atoms. The normalized spacial score (nSPS) is 18.3. The highest BCUT2D eigenvalue weighted by atomic mass is 32.1. The summed E-state index contributed by atoms with van der Waals surface area (Å²) >= 11 is 1.49. The molecule has 11 heteroatoms. The minimum absolute atomic E-state index is 0.0448. The molecule has 3 amide bonds. The number of rotatable bonds is 11. The van der Waals surface area contributed by atoms with Gasteiger partial charge in [-0.2, -0.15) is 11.3 Å². The third-order valence-electron chi connectivity index (χ3n) is 6.09. The molecule has 1 fully saturated rings. The minimum atomic E-state index is -0.882. The predicted octanol–water partition coefficient (Wildman–Crippen LogP) is 3.24. The van der Waals surface area contributed by atoms with Crippen molar-refractivity contribution in [1.29, 1.82) is 0 Å². The Morgan fingerprint density at radius 2 is 1.97 bits per heavy atom. The molecule has 0 aliphatic carbocycles. The summed E-state index contributed by atoms with van der Waals surface area (Å²) in [7, 11) is 1.28. The topological polar surface area (TPSA) is 123 Å². The lowest BCUT2D eigenvalue weighted by Crippen LogP contribution is -2.54. The van der Waals surface area contributed by atoms with Crippen molar-refractivity contribution in [3.05, 3.63) is 22.4 Å². The first-order chi connectivity index (χ1) is 17.4. The first-order valence-electron chi connectivity index (χ1n) is 12.7. The van der Waals surface area contributed by atoms with Gasteiger partial charge in [-0.15, -0.1) is 0 Å². The van der Waals surface area contributed by atoms with Crippen molar-refractivity contribution in [3.8, 4) is 0 Å². The number of nitrogens with one attached hydrogen (secondary N) is 2. The van der Waals surface area contributed by atoms with E-state index < -0.39 is 41.9 Å². The van der Waals surface area contributed by atoms with E-state index in [-0.39, 0.29) is 31.1 Å². The molecule has 2 heterocycles. The summed E-state index contributed by atoms with van der Waals surface area (Å²) < 4.78 is 16.1. The Kier molecular flexibility index (Phi) is 11.8. The van der Waals surface area contributed by atoms with Crippen LogP contribution in [0.25, 0.3) is 0 Å². The van der Waals surface area contributed by atoms with E-state index >= 15 is 0 Å². The van der Waals surface area contributed by atoms with Crippen LogP contribution in [0.15, 0.2) is 16.8 Å². The molecule has 10 nitrogen and oxygen atoms in total. The van der Waals surface area contributed by atoms with Gasteiger partial charge in [0.05, 0.1) is 13.7 Å². The van der Waals surface area contributed by atoms with Crippen LogP contribution < -0.4 is 10.6 Å². The van der Waals surface area contributed by atoms with Crippen LogP contribution in [0, 0.1) is 5.92 Å². The van der Waals surface area contributed by atoms with Gasteiger partial charge in [0.1, 0.15) is 23.9 Å². The predicted molar refractivity (Wildman–Crippen MR) is 140 cm³/mol. The number of ether oxygens (including phenoxy) is 3. The van der Waals surface area contributed by atoms with Crippen LogP contribution >= 0.6 is 11.3 Å². The molecule has 1 saturated heterocycles. The Morgan fingerprint density at radius 3 is 2.57 bits per heavy atom. The second-order valence-electron chi connectivity index (χ2n) is 10.2. The van der Waals surface area contributed by atoms with Gasteiger partial charge in [0.2, 0.25) is 11.8 Å². The number of carbonyl (C=O) groups is 4. The fourth-order valence-corrected chi connectivity index (χ4v) is 4.56. The SMILES string of the molecule is CC[C@H](C)[C@H](NC(=O)[C@H](Cc1ccsc1)NC(=O)CCC1OCCCN1C(=O)OC(C)(C)C)C(=O)OC. The van der Waals surface area contributed by atoms with Gasteiger partial charge in [0.15, 0.2) is 0 Å². The van der Waals surface area contributed by atoms with Crippen LogP contribution in [0.2, 0.25) is 0 Å². The van der Waals surface area contributed by atoms with E-state index in [4.69, 9.17) is 14.2 Å². The van der Waals surface area contributed by atoms with E-state index in [1.54, 1.807) is 20.8 Å². The summed E-state index contributed by atoms with van der Waals surface area (Å²) in [6.45, 7) is 10.1. The number of thiophene rings is 1. The summed E-state index contributed by atoms with van der Waals surface area (Å²) in [5, 5.41) is 9.38. The number of nitrogens with zero attached hydrogens (tertiary/aromatic N) is 1. The van der Waals surface area contributed by atoms with E-state index in [0.29, 0.717) is 26.0 Å². The molecule has 4 atom stereocenters. The second kappa shape index (κ2) is 14.3. The number of amides is 3. The molecule has 1 aromatic heterocycles. The maximum atomic E-state index is 13.2. The zero-order valence-electron chi connectivity index (χ0n) is 22.7. The minimum Gasteiger partial charge on any atom is -0.467 e. The van der Waals surface area contributed by atoms with Gasteiger partial charge in [-0.1, -0.05) is 20.3 Å². The molecule has 208 valence electrons. The van der Waals surface area contributed by atoms with Crippen LogP contribution in [0.3, 0.4) is 0 Å². The summed E-state index contributed by atoms with van der Waals surface area (Å²) in [5.74, 6) is -1.48. The molecule has 1 aliphatic rings. The van der Waals surface area contributed by atoms with Gasteiger partial charge < -0.3 is 24.8 Å². The van der Waals surface area contributed by atoms with Crippen LogP contribution in [0.1, 0.15) is 65.9 Å². The number of hydrogen-bond donors (Lipinski definition) is 2. The van der Waals surface area contributed by atoms with Crippen molar-refractivity contribution < 1.29 is 33.4 Å². The Morgan fingerprint density at radius 1 is 1.24 bits per heavy atom. The highest BCUT2D eigenvalue weighted by Gasteiger charge is 2.33. The number of carbonyl (C=O) groups excluding carboxylic acids is 4. The maximum absolute atomic E-state index is 13.2. The average Bonchev–Trinajstić information content (AvgIpc) is 3.36. The zero-order chi connectivity index (χ0) is 27.6. The van der Waals surface area contributed by atoms with Gasteiger partial charge in [-0.3, -0.25) is 14.5 Å². The molecular weight excluding hydrogens is 498 g/mol. The quantitative estimate of drug-likeness (QED) is 0.414. The van der Waals surface area contributed by atoms with E-state index in [0.717, 1.165) is 5.56 Å². The molecule has 0 aromatic carbocycles. The molecular formula is C26H41N3O7S. The second-order valence-corrected chi connectivity index (χ2v) is 11.0. The van der Waals surface area contributed by atoms with E-state index in [1.165, 1.54) is 23.3 Å². The Balaban J connectivity index is 2.06. The van der Waals surface area contributed by atoms with Gasteiger partial charge in [0, 0.05) is 25.8 Å². The van der Waals surface area contributed by atoms with Gasteiger partial charge >= 0.3 is 12.1 Å². The summed E-state index contributed by atoms with van der Waals surface area (Å²) in [4.78, 5) is 52.5. The third-order valence-corrected chi connectivity index (χ3v) is 6.82. The number of esters is 1. The molecule has 0 bridgehead atoms. The molecule has 2 rings (SSSR count). The van der Waals surface area contributed by atoms with Crippen molar-refractivity contribution in [3.63, 3.8) is 0 Å².